The SMILES string of the molecule is Cc1cc(Cl)nc(CSCC2CNC2)n1. The van der Waals surface area contributed by atoms with Crippen molar-refractivity contribution in [2.24, 2.45) is 5.92 Å². The van der Waals surface area contributed by atoms with E-state index < -0.39 is 0 Å². The monoisotopic (exact) mass is 243 g/mol. The Labute approximate surface area is 99.0 Å². The molecule has 0 aromatic carbocycles. The number of hydrogen-bond donors (Lipinski definition) is 1. The van der Waals surface area contributed by atoms with Crippen molar-refractivity contribution >= 4 is 23.4 Å². The second-order valence-corrected chi connectivity index (χ2v) is 5.21. The second kappa shape index (κ2) is 5.14. The molecule has 1 saturated heterocycles. The number of aromatic nitrogens is 2. The summed E-state index contributed by atoms with van der Waals surface area (Å²) in [7, 11) is 0. The van der Waals surface area contributed by atoms with Gasteiger partial charge in [-0.15, -0.1) is 0 Å². The van der Waals surface area contributed by atoms with Crippen molar-refractivity contribution in [2.45, 2.75) is 12.7 Å². The normalized spacial score (nSPS) is 16.4. The van der Waals surface area contributed by atoms with Crippen molar-refractivity contribution in [2.75, 3.05) is 18.8 Å². The average molecular weight is 244 g/mol. The standard InChI is InChI=1S/C10H14ClN3S/c1-7-2-9(11)14-10(13-7)6-15-5-8-3-12-4-8/h2,8,12H,3-6H2,1H3. The Balaban J connectivity index is 1.81. The zero-order valence-corrected chi connectivity index (χ0v) is 10.2. The van der Waals surface area contributed by atoms with E-state index in [1.54, 1.807) is 6.07 Å². The van der Waals surface area contributed by atoms with Gasteiger partial charge in [-0.05, 0) is 37.8 Å². The lowest BCUT2D eigenvalue weighted by atomic mass is 10.1. The molecule has 1 N–H and O–H groups in total. The number of rotatable bonds is 4. The first-order valence-electron chi connectivity index (χ1n) is 5.02. The van der Waals surface area contributed by atoms with Gasteiger partial charge in [-0.2, -0.15) is 11.8 Å². The zero-order chi connectivity index (χ0) is 10.7. The van der Waals surface area contributed by atoms with E-state index in [0.717, 1.165) is 36.3 Å². The molecule has 5 heteroatoms. The lowest BCUT2D eigenvalue weighted by molar-refractivity contribution is 0.385. The van der Waals surface area contributed by atoms with Crippen LogP contribution in [0.5, 0.6) is 0 Å². The molecule has 0 bridgehead atoms. The summed E-state index contributed by atoms with van der Waals surface area (Å²) in [5.41, 5.74) is 0.941. The van der Waals surface area contributed by atoms with Gasteiger partial charge in [0.25, 0.3) is 0 Å². The van der Waals surface area contributed by atoms with Crippen LogP contribution in [0.25, 0.3) is 0 Å². The summed E-state index contributed by atoms with van der Waals surface area (Å²) in [4.78, 5) is 8.54. The van der Waals surface area contributed by atoms with E-state index in [0.29, 0.717) is 5.15 Å². The molecule has 0 radical (unpaired) electrons. The molecule has 2 heterocycles. The summed E-state index contributed by atoms with van der Waals surface area (Å²) < 4.78 is 0. The minimum atomic E-state index is 0.545. The first-order valence-corrected chi connectivity index (χ1v) is 6.56. The zero-order valence-electron chi connectivity index (χ0n) is 8.66. The van der Waals surface area contributed by atoms with E-state index in [1.165, 1.54) is 5.75 Å². The maximum atomic E-state index is 5.86. The molecule has 0 atom stereocenters. The predicted octanol–water partition coefficient (Wildman–Crippen LogP) is 1.89. The molecule has 0 aliphatic carbocycles. The molecular formula is C10H14ClN3S. The van der Waals surface area contributed by atoms with Gasteiger partial charge >= 0.3 is 0 Å². The fourth-order valence-corrected chi connectivity index (χ4v) is 2.69. The van der Waals surface area contributed by atoms with Gasteiger partial charge in [-0.3, -0.25) is 0 Å². The Morgan fingerprint density at radius 1 is 1.53 bits per heavy atom. The first-order chi connectivity index (χ1) is 7.24. The Morgan fingerprint density at radius 3 is 2.93 bits per heavy atom. The third-order valence-corrected chi connectivity index (χ3v) is 3.68. The summed E-state index contributed by atoms with van der Waals surface area (Å²) in [5, 5.41) is 3.81. The maximum Gasteiger partial charge on any atom is 0.140 e. The molecule has 3 nitrogen and oxygen atoms in total. The highest BCUT2D eigenvalue weighted by Crippen LogP contribution is 2.17. The van der Waals surface area contributed by atoms with E-state index in [-0.39, 0.29) is 0 Å². The number of halogens is 1. The molecule has 1 aromatic rings. The fraction of sp³-hybridized carbons (Fsp3) is 0.600. The molecule has 15 heavy (non-hydrogen) atoms. The number of aryl methyl sites for hydroxylation is 1. The van der Waals surface area contributed by atoms with Gasteiger partial charge in [0.2, 0.25) is 0 Å². The Bertz CT molecular complexity index is 321. The molecule has 0 amide bonds. The number of thioether (sulfide) groups is 1. The van der Waals surface area contributed by atoms with Crippen molar-refractivity contribution in [1.82, 2.24) is 15.3 Å². The van der Waals surface area contributed by atoms with Gasteiger partial charge < -0.3 is 5.32 Å². The van der Waals surface area contributed by atoms with Gasteiger partial charge in [0.05, 0.1) is 5.75 Å². The topological polar surface area (TPSA) is 37.8 Å². The van der Waals surface area contributed by atoms with E-state index in [9.17, 15) is 0 Å². The second-order valence-electron chi connectivity index (χ2n) is 3.79. The molecule has 82 valence electrons. The smallest absolute Gasteiger partial charge is 0.140 e. The van der Waals surface area contributed by atoms with Crippen LogP contribution in [-0.2, 0) is 5.75 Å². The molecular weight excluding hydrogens is 230 g/mol. The van der Waals surface area contributed by atoms with Crippen molar-refractivity contribution < 1.29 is 0 Å². The Hall–Kier alpha value is -0.320. The van der Waals surface area contributed by atoms with Gasteiger partial charge in [-0.25, -0.2) is 9.97 Å². The van der Waals surface area contributed by atoms with Crippen LogP contribution in [-0.4, -0.2) is 28.8 Å². The number of hydrogen-bond acceptors (Lipinski definition) is 4. The quantitative estimate of drug-likeness (QED) is 0.820. The van der Waals surface area contributed by atoms with Crippen LogP contribution in [0.4, 0.5) is 0 Å². The molecule has 2 rings (SSSR count). The van der Waals surface area contributed by atoms with Crippen LogP contribution in [0.15, 0.2) is 6.07 Å². The van der Waals surface area contributed by atoms with Gasteiger partial charge in [0.1, 0.15) is 11.0 Å². The summed E-state index contributed by atoms with van der Waals surface area (Å²) in [6, 6.07) is 1.78. The Kier molecular flexibility index (Phi) is 3.83. The summed E-state index contributed by atoms with van der Waals surface area (Å²) in [6.07, 6.45) is 0. The highest BCUT2D eigenvalue weighted by Gasteiger charge is 2.16. The lowest BCUT2D eigenvalue weighted by Gasteiger charge is -2.26. The summed E-state index contributed by atoms with van der Waals surface area (Å²) in [5.74, 6) is 3.72. The molecule has 0 saturated carbocycles. The summed E-state index contributed by atoms with van der Waals surface area (Å²) >= 11 is 7.74. The van der Waals surface area contributed by atoms with Crippen LogP contribution >= 0.6 is 23.4 Å². The molecule has 1 aliphatic heterocycles. The largest absolute Gasteiger partial charge is 0.316 e. The van der Waals surface area contributed by atoms with Gasteiger partial charge in [0.15, 0.2) is 0 Å². The maximum absolute atomic E-state index is 5.86. The van der Waals surface area contributed by atoms with Crippen molar-refractivity contribution in [1.29, 1.82) is 0 Å². The number of nitrogens with one attached hydrogen (secondary N) is 1. The summed E-state index contributed by atoms with van der Waals surface area (Å²) in [6.45, 7) is 4.25. The third-order valence-electron chi connectivity index (χ3n) is 2.32. The molecule has 0 unspecified atom stereocenters. The molecule has 0 spiro atoms. The van der Waals surface area contributed by atoms with E-state index in [1.807, 2.05) is 18.7 Å². The van der Waals surface area contributed by atoms with Crippen LogP contribution < -0.4 is 5.32 Å². The highest BCUT2D eigenvalue weighted by atomic mass is 35.5. The highest BCUT2D eigenvalue weighted by molar-refractivity contribution is 7.98. The average Bonchev–Trinajstić information content (AvgIpc) is 2.07. The van der Waals surface area contributed by atoms with E-state index in [4.69, 9.17) is 11.6 Å². The van der Waals surface area contributed by atoms with E-state index >= 15 is 0 Å². The van der Waals surface area contributed by atoms with Crippen LogP contribution in [0.2, 0.25) is 5.15 Å². The number of nitrogens with zero attached hydrogens (tertiary/aromatic N) is 2. The Morgan fingerprint density at radius 2 is 2.33 bits per heavy atom. The van der Waals surface area contributed by atoms with Crippen LogP contribution in [0.3, 0.4) is 0 Å². The van der Waals surface area contributed by atoms with Crippen LogP contribution in [0.1, 0.15) is 11.5 Å². The first kappa shape index (κ1) is 11.2. The van der Waals surface area contributed by atoms with Crippen molar-refractivity contribution in [3.8, 4) is 0 Å². The van der Waals surface area contributed by atoms with E-state index in [2.05, 4.69) is 15.3 Å². The van der Waals surface area contributed by atoms with Crippen LogP contribution in [0, 0.1) is 12.8 Å². The lowest BCUT2D eigenvalue weighted by Crippen LogP contribution is -2.43. The molecule has 1 aliphatic rings. The van der Waals surface area contributed by atoms with Crippen molar-refractivity contribution in [3.05, 3.63) is 22.7 Å². The van der Waals surface area contributed by atoms with Crippen molar-refractivity contribution in [3.63, 3.8) is 0 Å². The van der Waals surface area contributed by atoms with Gasteiger partial charge in [-0.1, -0.05) is 11.6 Å². The minimum absolute atomic E-state index is 0.545. The molecule has 1 aromatic heterocycles. The fourth-order valence-electron chi connectivity index (χ4n) is 1.44. The molecule has 1 fully saturated rings. The van der Waals surface area contributed by atoms with Gasteiger partial charge in [0, 0.05) is 5.69 Å². The minimum Gasteiger partial charge on any atom is -0.316 e. The third kappa shape index (κ3) is 3.33. The predicted molar refractivity (Wildman–Crippen MR) is 64.3 cm³/mol.